The third-order valence-electron chi connectivity index (χ3n) is 3.21. The van der Waals surface area contributed by atoms with Gasteiger partial charge in [0.1, 0.15) is 0 Å². The van der Waals surface area contributed by atoms with E-state index >= 15 is 0 Å². The predicted octanol–water partition coefficient (Wildman–Crippen LogP) is 1.99. The maximum absolute atomic E-state index is 11.3. The summed E-state index contributed by atoms with van der Waals surface area (Å²) >= 11 is 0. The molecule has 3 heteroatoms. The summed E-state index contributed by atoms with van der Waals surface area (Å²) in [6.07, 6.45) is 6.35. The molecule has 0 amide bonds. The number of aliphatic hydroxyl groups excluding tert-OH is 2. The highest BCUT2D eigenvalue weighted by atomic mass is 16.3. The summed E-state index contributed by atoms with van der Waals surface area (Å²) in [7, 11) is 0. The highest BCUT2D eigenvalue weighted by Crippen LogP contribution is 2.28. The van der Waals surface area contributed by atoms with Crippen LogP contribution in [0.15, 0.2) is 24.3 Å². The normalized spacial score (nSPS) is 27.0. The van der Waals surface area contributed by atoms with E-state index in [-0.39, 0.29) is 18.1 Å². The molecule has 0 aromatic heterocycles. The number of carbonyl (C=O) groups is 1. The molecule has 0 aromatic rings. The van der Waals surface area contributed by atoms with Crippen molar-refractivity contribution in [1.82, 2.24) is 0 Å². The highest BCUT2D eigenvalue weighted by molar-refractivity contribution is 5.98. The zero-order valence-electron chi connectivity index (χ0n) is 10.4. The van der Waals surface area contributed by atoms with Crippen molar-refractivity contribution in [3.8, 4) is 0 Å². The monoisotopic (exact) mass is 238 g/mol. The first kappa shape index (κ1) is 14.1. The van der Waals surface area contributed by atoms with E-state index in [1.54, 1.807) is 12.2 Å². The Morgan fingerprint density at radius 3 is 2.76 bits per heavy atom. The second-order valence-electron chi connectivity index (χ2n) is 4.69. The van der Waals surface area contributed by atoms with Crippen molar-refractivity contribution in [2.75, 3.05) is 0 Å². The fourth-order valence-corrected chi connectivity index (χ4v) is 2.06. The number of rotatable bonds is 6. The summed E-state index contributed by atoms with van der Waals surface area (Å²) in [6, 6.07) is 0. The summed E-state index contributed by atoms with van der Waals surface area (Å²) in [5.41, 5.74) is 0.453. The molecular formula is C14H22O3. The van der Waals surface area contributed by atoms with Gasteiger partial charge in [0.05, 0.1) is 12.2 Å². The smallest absolute Gasteiger partial charge is 0.161 e. The second kappa shape index (κ2) is 6.72. The molecule has 0 aromatic carbocycles. The predicted molar refractivity (Wildman–Crippen MR) is 67.5 cm³/mol. The van der Waals surface area contributed by atoms with E-state index in [2.05, 4.69) is 13.5 Å². The molecule has 0 aliphatic heterocycles. The molecule has 96 valence electrons. The van der Waals surface area contributed by atoms with Crippen molar-refractivity contribution in [2.45, 2.75) is 51.2 Å². The number of carbonyl (C=O) groups excluding carboxylic acids is 1. The average molecular weight is 238 g/mol. The van der Waals surface area contributed by atoms with Crippen LogP contribution in [-0.2, 0) is 4.79 Å². The van der Waals surface area contributed by atoms with Crippen molar-refractivity contribution in [2.24, 2.45) is 5.92 Å². The first-order chi connectivity index (χ1) is 8.06. The number of ketones is 1. The zero-order chi connectivity index (χ0) is 12.8. The molecule has 0 heterocycles. The van der Waals surface area contributed by atoms with E-state index < -0.39 is 12.2 Å². The molecule has 1 aliphatic rings. The van der Waals surface area contributed by atoms with Crippen LogP contribution in [0.3, 0.4) is 0 Å². The number of hydrogen-bond acceptors (Lipinski definition) is 3. The van der Waals surface area contributed by atoms with E-state index in [4.69, 9.17) is 0 Å². The zero-order valence-corrected chi connectivity index (χ0v) is 10.4. The van der Waals surface area contributed by atoms with E-state index in [1.807, 2.05) is 0 Å². The van der Waals surface area contributed by atoms with Crippen LogP contribution in [0.5, 0.6) is 0 Å². The molecule has 0 unspecified atom stereocenters. The van der Waals surface area contributed by atoms with Crippen molar-refractivity contribution >= 4 is 5.78 Å². The van der Waals surface area contributed by atoms with Crippen LogP contribution in [0, 0.1) is 5.92 Å². The summed E-state index contributed by atoms with van der Waals surface area (Å²) < 4.78 is 0. The molecule has 1 aliphatic carbocycles. The van der Waals surface area contributed by atoms with Crippen molar-refractivity contribution in [1.29, 1.82) is 0 Å². The molecule has 1 saturated carbocycles. The molecule has 0 radical (unpaired) electrons. The fourth-order valence-electron chi connectivity index (χ4n) is 2.06. The molecular weight excluding hydrogens is 216 g/mol. The van der Waals surface area contributed by atoms with Gasteiger partial charge in [-0.3, -0.25) is 4.79 Å². The van der Waals surface area contributed by atoms with Gasteiger partial charge in [-0.15, -0.1) is 0 Å². The molecule has 2 N–H and O–H groups in total. The molecule has 0 bridgehead atoms. The quantitative estimate of drug-likeness (QED) is 0.422. The van der Waals surface area contributed by atoms with E-state index in [9.17, 15) is 15.0 Å². The maximum Gasteiger partial charge on any atom is 0.161 e. The Morgan fingerprint density at radius 1 is 1.53 bits per heavy atom. The summed E-state index contributed by atoms with van der Waals surface area (Å²) in [5.74, 6) is -0.393. The second-order valence-corrected chi connectivity index (χ2v) is 4.69. The Bertz CT molecular complexity index is 307. The topological polar surface area (TPSA) is 57.5 Å². The van der Waals surface area contributed by atoms with Gasteiger partial charge in [-0.2, -0.15) is 0 Å². The molecule has 0 spiro atoms. The van der Waals surface area contributed by atoms with Crippen LogP contribution in [0.2, 0.25) is 0 Å². The molecule has 0 saturated heterocycles. The van der Waals surface area contributed by atoms with Crippen LogP contribution >= 0.6 is 0 Å². The summed E-state index contributed by atoms with van der Waals surface area (Å²) in [4.78, 5) is 11.3. The van der Waals surface area contributed by atoms with Gasteiger partial charge in [0, 0.05) is 12.3 Å². The third-order valence-corrected chi connectivity index (χ3v) is 3.21. The average Bonchev–Trinajstić information content (AvgIpc) is 2.51. The lowest BCUT2D eigenvalue weighted by atomic mass is 10.00. The minimum Gasteiger partial charge on any atom is -0.392 e. The van der Waals surface area contributed by atoms with Gasteiger partial charge in [-0.05, 0) is 12.0 Å². The van der Waals surface area contributed by atoms with E-state index in [0.717, 1.165) is 25.7 Å². The Balaban J connectivity index is 2.42. The largest absolute Gasteiger partial charge is 0.392 e. The van der Waals surface area contributed by atoms with Gasteiger partial charge >= 0.3 is 0 Å². The molecule has 3 nitrogen and oxygen atoms in total. The Morgan fingerprint density at radius 2 is 2.24 bits per heavy atom. The standard InChI is InChI=1S/C14H22O3/c1-3-4-5-6-11(15)7-8-12-10(2)13(16)9-14(12)17/h7-8,11-12,14-15,17H,2-6,9H2,1H3/t11-,12-,14-/m0/s1. The van der Waals surface area contributed by atoms with Gasteiger partial charge in [0.25, 0.3) is 0 Å². The Hall–Kier alpha value is -0.930. The number of Topliss-reactive ketones (excluding diaryl/α,β-unsaturated/α-hetero) is 1. The first-order valence-electron chi connectivity index (χ1n) is 6.32. The lowest BCUT2D eigenvalue weighted by molar-refractivity contribution is -0.115. The molecule has 3 atom stereocenters. The summed E-state index contributed by atoms with van der Waals surface area (Å²) in [6.45, 7) is 5.80. The van der Waals surface area contributed by atoms with Gasteiger partial charge < -0.3 is 10.2 Å². The van der Waals surface area contributed by atoms with Crippen LogP contribution in [-0.4, -0.2) is 28.2 Å². The minimum atomic E-state index is -0.672. The van der Waals surface area contributed by atoms with E-state index in [0.29, 0.717) is 5.57 Å². The maximum atomic E-state index is 11.3. The number of unbranched alkanes of at least 4 members (excludes halogenated alkanes) is 2. The minimum absolute atomic E-state index is 0.0763. The van der Waals surface area contributed by atoms with Crippen molar-refractivity contribution in [3.63, 3.8) is 0 Å². The SMILES string of the molecule is C=C1C(=O)C[C@H](O)[C@H]1C=C[C@@H](O)CCCCC. The molecule has 1 fully saturated rings. The number of hydrogen-bond donors (Lipinski definition) is 2. The van der Waals surface area contributed by atoms with Crippen LogP contribution in [0.25, 0.3) is 0 Å². The Labute approximate surface area is 103 Å². The molecule has 17 heavy (non-hydrogen) atoms. The first-order valence-corrected chi connectivity index (χ1v) is 6.32. The summed E-state index contributed by atoms with van der Waals surface area (Å²) in [5, 5.41) is 19.3. The lowest BCUT2D eigenvalue weighted by Gasteiger charge is -2.10. The van der Waals surface area contributed by atoms with E-state index in [1.165, 1.54) is 0 Å². The van der Waals surface area contributed by atoms with Crippen molar-refractivity contribution < 1.29 is 15.0 Å². The van der Waals surface area contributed by atoms with Gasteiger partial charge in [-0.1, -0.05) is 44.9 Å². The third kappa shape index (κ3) is 4.10. The van der Waals surface area contributed by atoms with Gasteiger partial charge in [0.2, 0.25) is 0 Å². The fraction of sp³-hybridized carbons (Fsp3) is 0.643. The number of aliphatic hydroxyl groups is 2. The van der Waals surface area contributed by atoms with Gasteiger partial charge in [0.15, 0.2) is 5.78 Å². The molecule has 1 rings (SSSR count). The van der Waals surface area contributed by atoms with Gasteiger partial charge in [-0.25, -0.2) is 0 Å². The van der Waals surface area contributed by atoms with Crippen molar-refractivity contribution in [3.05, 3.63) is 24.3 Å². The highest BCUT2D eigenvalue weighted by Gasteiger charge is 2.33. The van der Waals surface area contributed by atoms with Crippen LogP contribution < -0.4 is 0 Å². The van der Waals surface area contributed by atoms with Crippen LogP contribution in [0.4, 0.5) is 0 Å². The lowest BCUT2D eigenvalue weighted by Crippen LogP contribution is -2.12. The van der Waals surface area contributed by atoms with Crippen LogP contribution in [0.1, 0.15) is 39.0 Å². The Kier molecular flexibility index (Phi) is 5.59.